The fourth-order valence-corrected chi connectivity index (χ4v) is 5.77. The van der Waals surface area contributed by atoms with E-state index >= 15 is 0 Å². The van der Waals surface area contributed by atoms with Crippen LogP contribution in [-0.4, -0.2) is 66.4 Å². The first-order chi connectivity index (χ1) is 19.0. The molecule has 0 radical (unpaired) electrons. The van der Waals surface area contributed by atoms with Gasteiger partial charge in [0.1, 0.15) is 11.5 Å². The molecule has 0 saturated carbocycles. The van der Waals surface area contributed by atoms with Gasteiger partial charge in [0.25, 0.3) is 16.8 Å². The van der Waals surface area contributed by atoms with Crippen LogP contribution in [0.25, 0.3) is 22.3 Å². The Morgan fingerprint density at radius 2 is 1.88 bits per heavy atom. The second kappa shape index (κ2) is 11.4. The lowest BCUT2D eigenvalue weighted by Gasteiger charge is -2.30. The van der Waals surface area contributed by atoms with Crippen LogP contribution in [0.2, 0.25) is 0 Å². The minimum Gasteiger partial charge on any atom is -0.351 e. The lowest BCUT2D eigenvalue weighted by Crippen LogP contribution is -2.42. The van der Waals surface area contributed by atoms with Crippen LogP contribution < -0.4 is 15.6 Å². The number of nitrogens with one attached hydrogen (secondary N) is 2. The molecule has 1 aromatic carbocycles. The Morgan fingerprint density at radius 3 is 2.55 bits per heavy atom. The summed E-state index contributed by atoms with van der Waals surface area (Å²) in [6.07, 6.45) is 5.61. The largest absolute Gasteiger partial charge is 0.351 e. The molecular weight excluding hydrogens is 561 g/mol. The molecule has 0 spiro atoms. The Morgan fingerprint density at radius 1 is 1.10 bits per heavy atom. The monoisotopic (exact) mass is 587 g/mol. The predicted molar refractivity (Wildman–Crippen MR) is 150 cm³/mol. The number of sulfonamides is 1. The van der Waals surface area contributed by atoms with Gasteiger partial charge < -0.3 is 5.32 Å². The lowest BCUT2D eigenvalue weighted by molar-refractivity contribution is 0.331. The van der Waals surface area contributed by atoms with Gasteiger partial charge in [-0.05, 0) is 48.7 Å². The van der Waals surface area contributed by atoms with E-state index in [0.29, 0.717) is 59.7 Å². The third-order valence-electron chi connectivity index (χ3n) is 6.54. The molecule has 15 heteroatoms. The third kappa shape index (κ3) is 6.50. The van der Waals surface area contributed by atoms with Gasteiger partial charge in [-0.1, -0.05) is 6.07 Å². The normalized spacial score (nSPS) is 15.7. The van der Waals surface area contributed by atoms with Gasteiger partial charge in [0, 0.05) is 48.5 Å². The van der Waals surface area contributed by atoms with Crippen LogP contribution in [0.3, 0.4) is 0 Å². The Labute approximate surface area is 231 Å². The highest BCUT2D eigenvalue weighted by Crippen LogP contribution is 2.24. The summed E-state index contributed by atoms with van der Waals surface area (Å²) in [5.74, 6) is -0.249. The maximum atomic E-state index is 14.0. The molecule has 1 aliphatic heterocycles. The number of nitrogens with zero attached hydrogens (tertiary/aromatic N) is 5. The highest BCUT2D eigenvalue weighted by molar-refractivity contribution is 7.88. The molecule has 1 saturated heterocycles. The standard InChI is InChI=1S/C25H26FN7O5S2/c1-40(37,38)32-8-6-20(7-9-32)29-25-28-14-17-3-5-23(34)33(24(17)30-25)15-16-2-4-22(27-13-16)18-10-19(26)12-21(11-18)31-39(35)36/h2-5,10-14,20,31H,6-9,15H2,1H3,(H,35,36)(H,28,29,30). The second-order valence-electron chi connectivity index (χ2n) is 9.44. The summed E-state index contributed by atoms with van der Waals surface area (Å²) >= 11 is -2.35. The highest BCUT2D eigenvalue weighted by Gasteiger charge is 2.25. The summed E-state index contributed by atoms with van der Waals surface area (Å²) < 4.78 is 62.8. The smallest absolute Gasteiger partial charge is 0.259 e. The molecule has 3 N–H and O–H groups in total. The van der Waals surface area contributed by atoms with Crippen molar-refractivity contribution in [2.24, 2.45) is 0 Å². The van der Waals surface area contributed by atoms with Gasteiger partial charge in [0.05, 0.1) is 24.2 Å². The van der Waals surface area contributed by atoms with E-state index in [4.69, 9.17) is 4.55 Å². The van der Waals surface area contributed by atoms with E-state index in [1.807, 2.05) is 0 Å². The van der Waals surface area contributed by atoms with Crippen LogP contribution in [0.1, 0.15) is 18.4 Å². The fraction of sp³-hybridized carbons (Fsp3) is 0.280. The van der Waals surface area contributed by atoms with Gasteiger partial charge in [-0.3, -0.25) is 23.6 Å². The van der Waals surface area contributed by atoms with Crippen molar-refractivity contribution in [2.75, 3.05) is 29.4 Å². The molecule has 3 aromatic heterocycles. The zero-order valence-corrected chi connectivity index (χ0v) is 23.0. The summed E-state index contributed by atoms with van der Waals surface area (Å²) in [5.41, 5.74) is 1.85. The third-order valence-corrected chi connectivity index (χ3v) is 8.26. The predicted octanol–water partition coefficient (Wildman–Crippen LogP) is 2.43. The van der Waals surface area contributed by atoms with Crippen LogP contribution >= 0.6 is 0 Å². The maximum Gasteiger partial charge on any atom is 0.259 e. The van der Waals surface area contributed by atoms with Gasteiger partial charge in [-0.15, -0.1) is 0 Å². The number of fused-ring (bicyclic) bond motifs is 1. The van der Waals surface area contributed by atoms with Crippen molar-refractivity contribution < 1.29 is 21.6 Å². The van der Waals surface area contributed by atoms with Crippen LogP contribution in [0, 0.1) is 5.82 Å². The molecule has 4 aromatic rings. The number of hydrogen-bond donors (Lipinski definition) is 3. The lowest BCUT2D eigenvalue weighted by atomic mass is 10.1. The second-order valence-corrected chi connectivity index (χ2v) is 12.1. The van der Waals surface area contributed by atoms with Gasteiger partial charge >= 0.3 is 0 Å². The molecule has 40 heavy (non-hydrogen) atoms. The Hall–Kier alpha value is -3.79. The molecule has 12 nitrogen and oxygen atoms in total. The first kappa shape index (κ1) is 27.8. The molecule has 1 atom stereocenters. The van der Waals surface area contributed by atoms with Crippen LogP contribution in [0.5, 0.6) is 0 Å². The maximum absolute atomic E-state index is 14.0. The molecule has 4 heterocycles. The fourth-order valence-electron chi connectivity index (χ4n) is 4.58. The van der Waals surface area contributed by atoms with E-state index in [1.165, 1.54) is 33.3 Å². The summed E-state index contributed by atoms with van der Waals surface area (Å²) in [4.78, 5) is 26.2. The molecular formula is C25H26FN7O5S2. The van der Waals surface area contributed by atoms with E-state index in [9.17, 15) is 21.8 Å². The van der Waals surface area contributed by atoms with Gasteiger partial charge in [-0.25, -0.2) is 26.3 Å². The Balaban J connectivity index is 1.36. The zero-order valence-electron chi connectivity index (χ0n) is 21.3. The van der Waals surface area contributed by atoms with Crippen LogP contribution in [-0.2, 0) is 27.8 Å². The number of anilines is 2. The van der Waals surface area contributed by atoms with Crippen molar-refractivity contribution in [2.45, 2.75) is 25.4 Å². The van der Waals surface area contributed by atoms with Crippen LogP contribution in [0.15, 0.2) is 59.7 Å². The van der Waals surface area contributed by atoms with Crippen molar-refractivity contribution in [1.29, 1.82) is 0 Å². The number of piperidine rings is 1. The molecule has 0 amide bonds. The van der Waals surface area contributed by atoms with Crippen LogP contribution in [0.4, 0.5) is 16.0 Å². The molecule has 210 valence electrons. The zero-order chi connectivity index (χ0) is 28.4. The number of aromatic nitrogens is 4. The topological polar surface area (TPSA) is 159 Å². The van der Waals surface area contributed by atoms with E-state index in [1.54, 1.807) is 30.6 Å². The number of hydrogen-bond acceptors (Lipinski definition) is 8. The molecule has 1 unspecified atom stereocenters. The Bertz CT molecular complexity index is 1740. The first-order valence-electron chi connectivity index (χ1n) is 12.3. The van der Waals surface area contributed by atoms with Gasteiger partial charge in [0.2, 0.25) is 16.0 Å². The van der Waals surface area contributed by atoms with Crippen molar-refractivity contribution in [3.05, 3.63) is 76.6 Å². The average molecular weight is 588 g/mol. The molecule has 1 fully saturated rings. The molecule has 0 bridgehead atoms. The van der Waals surface area contributed by atoms with E-state index in [0.717, 1.165) is 6.07 Å². The number of pyridine rings is 2. The van der Waals surface area contributed by atoms with E-state index in [-0.39, 0.29) is 23.8 Å². The van der Waals surface area contributed by atoms with Gasteiger partial charge in [-0.2, -0.15) is 4.98 Å². The van der Waals surface area contributed by atoms with Crippen molar-refractivity contribution in [3.8, 4) is 11.3 Å². The average Bonchev–Trinajstić information content (AvgIpc) is 2.90. The van der Waals surface area contributed by atoms with Crippen molar-refractivity contribution in [3.63, 3.8) is 0 Å². The Kier molecular flexibility index (Phi) is 7.89. The minimum atomic E-state index is -3.23. The summed E-state index contributed by atoms with van der Waals surface area (Å²) in [6.45, 7) is 0.991. The minimum absolute atomic E-state index is 0.00742. The summed E-state index contributed by atoms with van der Waals surface area (Å²) in [5, 5.41) is 3.93. The van der Waals surface area contributed by atoms with E-state index < -0.39 is 27.1 Å². The van der Waals surface area contributed by atoms with Crippen molar-refractivity contribution in [1.82, 2.24) is 23.8 Å². The molecule has 1 aliphatic rings. The number of rotatable bonds is 8. The number of benzene rings is 1. The van der Waals surface area contributed by atoms with Crippen molar-refractivity contribution >= 4 is 44.0 Å². The number of halogens is 1. The SMILES string of the molecule is CS(=O)(=O)N1CCC(Nc2ncc3ccc(=O)n(Cc4ccc(-c5cc(F)cc(NS(=O)O)c5)nc4)c3n2)CC1. The molecule has 0 aliphatic carbocycles. The highest BCUT2D eigenvalue weighted by atomic mass is 32.2. The quantitative estimate of drug-likeness (QED) is 0.263. The first-order valence-corrected chi connectivity index (χ1v) is 15.2. The summed E-state index contributed by atoms with van der Waals surface area (Å²) in [7, 11) is -3.23. The molecule has 5 rings (SSSR count). The van der Waals surface area contributed by atoms with Gasteiger partial charge in [0.15, 0.2) is 0 Å². The van der Waals surface area contributed by atoms with E-state index in [2.05, 4.69) is 25.0 Å². The summed E-state index contributed by atoms with van der Waals surface area (Å²) in [6, 6.07) is 10.4.